The normalized spacial score (nSPS) is 11.4. The lowest BCUT2D eigenvalue weighted by atomic mass is 10.0. The standard InChI is InChI=1S/C33H29N7O2/c1-18-15-23-17-20(3)29(40-39-26-14-13-22-10-6-7-11-24(22)21(26)4)30(41)28(23)27(16-18)35-32-36-31(37-33(42)38-32)34-25-12-8-5-9-19(25)2/h5-17,41H,1-4H3,(H3,34,35,36,37,38,42). The molecule has 9 nitrogen and oxygen atoms in total. The van der Waals surface area contributed by atoms with E-state index in [1.54, 1.807) is 0 Å². The van der Waals surface area contributed by atoms with Crippen LogP contribution in [0.15, 0.2) is 89.1 Å². The van der Waals surface area contributed by atoms with Gasteiger partial charge in [0, 0.05) is 11.1 Å². The number of rotatable bonds is 6. The van der Waals surface area contributed by atoms with Gasteiger partial charge in [0.1, 0.15) is 5.69 Å². The maximum absolute atomic E-state index is 11.5. The van der Waals surface area contributed by atoms with E-state index in [-0.39, 0.29) is 17.6 Å². The topological polar surface area (TPSA) is 128 Å². The van der Waals surface area contributed by atoms with Crippen LogP contribution in [0.4, 0.5) is 34.6 Å². The number of aryl methyl sites for hydroxylation is 4. The summed E-state index contributed by atoms with van der Waals surface area (Å²) >= 11 is 0. The molecule has 0 radical (unpaired) electrons. The van der Waals surface area contributed by atoms with E-state index in [0.29, 0.717) is 16.8 Å². The molecule has 4 N–H and O–H groups in total. The molecule has 0 aliphatic carbocycles. The minimum Gasteiger partial charge on any atom is -0.505 e. The summed E-state index contributed by atoms with van der Waals surface area (Å²) in [5, 5.41) is 40.7. The smallest absolute Gasteiger partial charge is 0.320 e. The molecule has 6 rings (SSSR count). The highest BCUT2D eigenvalue weighted by Gasteiger charge is 2.17. The van der Waals surface area contributed by atoms with Crippen molar-refractivity contribution in [1.29, 1.82) is 0 Å². The SMILES string of the molecule is Cc1cc(Nc2nc(O)nc(Nc3ccccc3C)n2)c2c(O)c(N=Nc3ccc4ccccc4c3C)c(C)cc2c1. The first kappa shape index (κ1) is 26.6. The zero-order valence-electron chi connectivity index (χ0n) is 23.6. The van der Waals surface area contributed by atoms with E-state index in [1.807, 2.05) is 94.4 Å². The van der Waals surface area contributed by atoms with E-state index >= 15 is 0 Å². The molecule has 42 heavy (non-hydrogen) atoms. The van der Waals surface area contributed by atoms with Crippen molar-refractivity contribution in [3.63, 3.8) is 0 Å². The number of hydrogen-bond donors (Lipinski definition) is 4. The number of nitrogens with zero attached hydrogens (tertiary/aromatic N) is 5. The molecule has 6 aromatic rings. The first-order valence-corrected chi connectivity index (χ1v) is 13.5. The summed E-state index contributed by atoms with van der Waals surface area (Å²) < 4.78 is 0. The Morgan fingerprint density at radius 2 is 1.36 bits per heavy atom. The van der Waals surface area contributed by atoms with E-state index in [0.717, 1.165) is 49.8 Å². The van der Waals surface area contributed by atoms with Crippen LogP contribution >= 0.6 is 0 Å². The second kappa shape index (κ2) is 10.8. The third-order valence-electron chi connectivity index (χ3n) is 7.21. The Kier molecular flexibility index (Phi) is 6.84. The van der Waals surface area contributed by atoms with Gasteiger partial charge in [0.15, 0.2) is 5.75 Å². The minimum atomic E-state index is -0.444. The average Bonchev–Trinajstić information content (AvgIpc) is 2.94. The molecule has 0 aliphatic rings. The van der Waals surface area contributed by atoms with E-state index in [9.17, 15) is 10.2 Å². The Morgan fingerprint density at radius 3 is 2.14 bits per heavy atom. The summed E-state index contributed by atoms with van der Waals surface area (Å²) in [5.41, 5.74) is 6.19. The third-order valence-corrected chi connectivity index (χ3v) is 7.21. The highest BCUT2D eigenvalue weighted by molar-refractivity contribution is 6.03. The number of benzene rings is 5. The molecule has 0 bridgehead atoms. The van der Waals surface area contributed by atoms with Crippen molar-refractivity contribution in [3.8, 4) is 11.8 Å². The Balaban J connectivity index is 1.40. The number of anilines is 4. The lowest BCUT2D eigenvalue weighted by Gasteiger charge is -2.15. The van der Waals surface area contributed by atoms with Gasteiger partial charge in [0.05, 0.1) is 11.4 Å². The van der Waals surface area contributed by atoms with Crippen LogP contribution in [0.25, 0.3) is 21.5 Å². The number of phenolic OH excluding ortho intramolecular Hbond substituents is 1. The lowest BCUT2D eigenvalue weighted by Crippen LogP contribution is -2.04. The molecular weight excluding hydrogens is 526 g/mol. The van der Waals surface area contributed by atoms with Crippen molar-refractivity contribution >= 4 is 56.2 Å². The molecule has 208 valence electrons. The van der Waals surface area contributed by atoms with Gasteiger partial charge in [-0.3, -0.25) is 0 Å². The predicted molar refractivity (Wildman–Crippen MR) is 167 cm³/mol. The van der Waals surface area contributed by atoms with E-state index in [1.165, 1.54) is 0 Å². The monoisotopic (exact) mass is 555 g/mol. The maximum atomic E-state index is 11.5. The van der Waals surface area contributed by atoms with Gasteiger partial charge in [-0.2, -0.15) is 20.1 Å². The highest BCUT2D eigenvalue weighted by Crippen LogP contribution is 2.43. The maximum Gasteiger partial charge on any atom is 0.320 e. The number of fused-ring (bicyclic) bond motifs is 2. The Labute approximate surface area is 242 Å². The van der Waals surface area contributed by atoms with Gasteiger partial charge < -0.3 is 20.8 Å². The molecule has 0 amide bonds. The van der Waals surface area contributed by atoms with E-state index in [2.05, 4.69) is 47.9 Å². The van der Waals surface area contributed by atoms with Crippen LogP contribution in [0.3, 0.4) is 0 Å². The number of nitrogens with one attached hydrogen (secondary N) is 2. The predicted octanol–water partition coefficient (Wildman–Crippen LogP) is 8.73. The zero-order chi connectivity index (χ0) is 29.4. The molecule has 9 heteroatoms. The van der Waals surface area contributed by atoms with Crippen LogP contribution in [0.2, 0.25) is 0 Å². The van der Waals surface area contributed by atoms with Crippen molar-refractivity contribution in [2.45, 2.75) is 27.7 Å². The molecule has 0 fully saturated rings. The lowest BCUT2D eigenvalue weighted by molar-refractivity contribution is 0.430. The van der Waals surface area contributed by atoms with Gasteiger partial charge in [-0.25, -0.2) is 0 Å². The Bertz CT molecular complexity index is 2020. The molecule has 0 atom stereocenters. The van der Waals surface area contributed by atoms with Crippen LogP contribution in [-0.2, 0) is 0 Å². The molecule has 0 saturated carbocycles. The molecule has 5 aromatic carbocycles. The fraction of sp³-hybridized carbons (Fsp3) is 0.121. The van der Waals surface area contributed by atoms with E-state index in [4.69, 9.17) is 0 Å². The summed E-state index contributed by atoms with van der Waals surface area (Å²) in [7, 11) is 0. The second-order valence-electron chi connectivity index (χ2n) is 10.3. The van der Waals surface area contributed by atoms with Crippen LogP contribution in [0.1, 0.15) is 22.3 Å². The summed E-state index contributed by atoms with van der Waals surface area (Å²) in [5.74, 6) is 0.267. The summed E-state index contributed by atoms with van der Waals surface area (Å²) in [6, 6.07) is 25.1. The number of azo groups is 1. The Hall–Kier alpha value is -5.57. The third kappa shape index (κ3) is 5.15. The van der Waals surface area contributed by atoms with Gasteiger partial charge in [-0.1, -0.05) is 54.6 Å². The van der Waals surface area contributed by atoms with E-state index < -0.39 is 6.01 Å². The average molecular weight is 556 g/mol. The molecule has 0 unspecified atom stereocenters. The van der Waals surface area contributed by atoms with Gasteiger partial charge >= 0.3 is 6.01 Å². The van der Waals surface area contributed by atoms with Gasteiger partial charge in [0.2, 0.25) is 11.9 Å². The van der Waals surface area contributed by atoms with Crippen LogP contribution in [0, 0.1) is 27.7 Å². The summed E-state index contributed by atoms with van der Waals surface area (Å²) in [4.78, 5) is 12.5. The number of aromatic hydroxyl groups is 2. The largest absolute Gasteiger partial charge is 0.505 e. The van der Waals surface area contributed by atoms with Crippen molar-refractivity contribution in [2.75, 3.05) is 10.6 Å². The van der Waals surface area contributed by atoms with Crippen LogP contribution in [-0.4, -0.2) is 25.2 Å². The molecule has 0 spiro atoms. The van der Waals surface area contributed by atoms with Crippen molar-refractivity contribution < 1.29 is 10.2 Å². The highest BCUT2D eigenvalue weighted by atomic mass is 16.3. The summed E-state index contributed by atoms with van der Waals surface area (Å²) in [6.45, 7) is 7.83. The molecular formula is C33H29N7O2. The fourth-order valence-electron chi connectivity index (χ4n) is 5.08. The molecule has 1 aromatic heterocycles. The number of hydrogen-bond acceptors (Lipinski definition) is 9. The quantitative estimate of drug-likeness (QED) is 0.151. The molecule has 0 saturated heterocycles. The zero-order valence-corrected chi connectivity index (χ0v) is 23.6. The van der Waals surface area contributed by atoms with Crippen LogP contribution in [0.5, 0.6) is 11.8 Å². The minimum absolute atomic E-state index is 0.0220. The van der Waals surface area contributed by atoms with Crippen molar-refractivity contribution in [3.05, 3.63) is 101 Å². The van der Waals surface area contributed by atoms with Gasteiger partial charge in [0.25, 0.3) is 0 Å². The number of aromatic nitrogens is 3. The summed E-state index contributed by atoms with van der Waals surface area (Å²) in [6.07, 6.45) is 0. The number of para-hydroxylation sites is 1. The second-order valence-corrected chi connectivity index (χ2v) is 10.3. The Morgan fingerprint density at radius 1 is 0.643 bits per heavy atom. The fourth-order valence-corrected chi connectivity index (χ4v) is 5.08. The molecule has 1 heterocycles. The first-order chi connectivity index (χ1) is 20.3. The number of phenols is 1. The van der Waals surface area contributed by atoms with Gasteiger partial charge in [-0.15, -0.1) is 5.11 Å². The van der Waals surface area contributed by atoms with Gasteiger partial charge in [-0.05, 0) is 90.4 Å². The van der Waals surface area contributed by atoms with Crippen LogP contribution < -0.4 is 10.6 Å². The van der Waals surface area contributed by atoms with Crippen molar-refractivity contribution in [2.24, 2.45) is 10.2 Å². The molecule has 0 aliphatic heterocycles. The first-order valence-electron chi connectivity index (χ1n) is 13.5. The van der Waals surface area contributed by atoms with Crippen molar-refractivity contribution in [1.82, 2.24) is 15.0 Å².